The number of carboxylic acid groups (broad SMARTS) is 1. The van der Waals surface area contributed by atoms with Crippen molar-refractivity contribution >= 4 is 5.97 Å². The Morgan fingerprint density at radius 1 is 1.45 bits per heavy atom. The third-order valence-electron chi connectivity index (χ3n) is 3.82. The molecule has 0 aromatic heterocycles. The van der Waals surface area contributed by atoms with E-state index in [0.717, 1.165) is 31.7 Å². The quantitative estimate of drug-likeness (QED) is 0.866. The molecule has 1 aromatic carbocycles. The van der Waals surface area contributed by atoms with Crippen molar-refractivity contribution in [2.24, 2.45) is 5.92 Å². The van der Waals surface area contributed by atoms with Gasteiger partial charge >= 0.3 is 5.97 Å². The largest absolute Gasteiger partial charge is 0.481 e. The number of carboxylic acids is 1. The second-order valence-electron chi connectivity index (χ2n) is 5.61. The molecule has 2 atom stereocenters. The van der Waals surface area contributed by atoms with Crippen LogP contribution >= 0.6 is 0 Å². The van der Waals surface area contributed by atoms with E-state index in [-0.39, 0.29) is 0 Å². The molecule has 0 radical (unpaired) electrons. The van der Waals surface area contributed by atoms with E-state index in [1.165, 1.54) is 6.42 Å². The molecule has 4 nitrogen and oxygen atoms in total. The molecule has 1 heterocycles. The Bertz CT molecular complexity index is 415. The van der Waals surface area contributed by atoms with Crippen molar-refractivity contribution in [1.29, 1.82) is 0 Å². The molecule has 0 bridgehead atoms. The lowest BCUT2D eigenvalue weighted by atomic mass is 9.97. The van der Waals surface area contributed by atoms with E-state index < -0.39 is 11.9 Å². The molecule has 1 aliphatic rings. The van der Waals surface area contributed by atoms with Crippen LogP contribution < -0.4 is 0 Å². The molecule has 1 aliphatic heterocycles. The van der Waals surface area contributed by atoms with Crippen molar-refractivity contribution in [3.05, 3.63) is 35.9 Å². The van der Waals surface area contributed by atoms with Gasteiger partial charge in [-0.1, -0.05) is 30.3 Å². The van der Waals surface area contributed by atoms with Gasteiger partial charge in [-0.25, -0.2) is 0 Å². The lowest BCUT2D eigenvalue weighted by molar-refractivity contribution is -0.139. The summed E-state index contributed by atoms with van der Waals surface area (Å²) in [4.78, 5) is 13.6. The number of carbonyl (C=O) groups is 1. The van der Waals surface area contributed by atoms with Gasteiger partial charge in [0.25, 0.3) is 0 Å². The van der Waals surface area contributed by atoms with Gasteiger partial charge in [-0.05, 0) is 31.4 Å². The molecule has 20 heavy (non-hydrogen) atoms. The molecule has 0 saturated carbocycles. The van der Waals surface area contributed by atoms with Crippen LogP contribution in [-0.2, 0) is 9.53 Å². The smallest absolute Gasteiger partial charge is 0.312 e. The summed E-state index contributed by atoms with van der Waals surface area (Å²) in [7, 11) is 1.99. The minimum absolute atomic E-state index is 0.467. The summed E-state index contributed by atoms with van der Waals surface area (Å²) in [6.45, 7) is 3.10. The second kappa shape index (κ2) is 7.41. The molecular formula is C16H23NO3. The monoisotopic (exact) mass is 277 g/mol. The van der Waals surface area contributed by atoms with Gasteiger partial charge in [0.2, 0.25) is 0 Å². The fourth-order valence-electron chi connectivity index (χ4n) is 2.79. The van der Waals surface area contributed by atoms with Crippen molar-refractivity contribution in [2.75, 3.05) is 33.4 Å². The fraction of sp³-hybridized carbons (Fsp3) is 0.562. The first-order chi connectivity index (χ1) is 9.66. The van der Waals surface area contributed by atoms with Crippen LogP contribution in [0.5, 0.6) is 0 Å². The lowest BCUT2D eigenvalue weighted by Gasteiger charge is -2.28. The van der Waals surface area contributed by atoms with E-state index in [9.17, 15) is 9.90 Å². The third-order valence-corrected chi connectivity index (χ3v) is 3.82. The number of benzene rings is 1. The van der Waals surface area contributed by atoms with Gasteiger partial charge in [0, 0.05) is 19.7 Å². The number of likely N-dealkylation sites (N-methyl/N-ethyl adjacent to an activating group) is 1. The summed E-state index contributed by atoms with van der Waals surface area (Å²) >= 11 is 0. The number of hydrogen-bond acceptors (Lipinski definition) is 3. The normalized spacial score (nSPS) is 20.8. The van der Waals surface area contributed by atoms with E-state index in [1.54, 1.807) is 0 Å². The Kier molecular flexibility index (Phi) is 5.56. The average Bonchev–Trinajstić information content (AvgIpc) is 2.46. The number of rotatable bonds is 6. The molecule has 0 amide bonds. The van der Waals surface area contributed by atoms with E-state index >= 15 is 0 Å². The molecule has 1 aromatic rings. The van der Waals surface area contributed by atoms with Gasteiger partial charge in [-0.3, -0.25) is 4.79 Å². The minimum Gasteiger partial charge on any atom is -0.481 e. The molecule has 2 unspecified atom stereocenters. The molecule has 110 valence electrons. The summed E-state index contributed by atoms with van der Waals surface area (Å²) in [5.74, 6) is -0.701. The summed E-state index contributed by atoms with van der Waals surface area (Å²) in [5.41, 5.74) is 0.867. The van der Waals surface area contributed by atoms with Gasteiger partial charge in [-0.15, -0.1) is 0 Å². The van der Waals surface area contributed by atoms with Crippen LogP contribution in [0.15, 0.2) is 30.3 Å². The number of hydrogen-bond donors (Lipinski definition) is 1. The first-order valence-corrected chi connectivity index (χ1v) is 7.21. The van der Waals surface area contributed by atoms with Gasteiger partial charge in [-0.2, -0.15) is 0 Å². The molecule has 0 spiro atoms. The highest BCUT2D eigenvalue weighted by molar-refractivity contribution is 5.76. The summed E-state index contributed by atoms with van der Waals surface area (Å²) in [5, 5.41) is 9.43. The molecule has 1 N–H and O–H groups in total. The number of ether oxygens (including phenoxy) is 1. The van der Waals surface area contributed by atoms with Crippen molar-refractivity contribution in [2.45, 2.75) is 18.8 Å². The van der Waals surface area contributed by atoms with Crippen LogP contribution in [0.3, 0.4) is 0 Å². The van der Waals surface area contributed by atoms with Gasteiger partial charge in [0.05, 0.1) is 12.5 Å². The fourth-order valence-corrected chi connectivity index (χ4v) is 2.79. The Morgan fingerprint density at radius 3 is 2.80 bits per heavy atom. The highest BCUT2D eigenvalue weighted by atomic mass is 16.5. The summed E-state index contributed by atoms with van der Waals surface area (Å²) < 4.78 is 5.48. The van der Waals surface area contributed by atoms with Gasteiger partial charge in [0.1, 0.15) is 0 Å². The first kappa shape index (κ1) is 15.0. The summed E-state index contributed by atoms with van der Waals surface area (Å²) in [6, 6.07) is 9.46. The van der Waals surface area contributed by atoms with E-state index in [0.29, 0.717) is 12.5 Å². The average molecular weight is 277 g/mol. The minimum atomic E-state index is -0.761. The predicted molar refractivity (Wildman–Crippen MR) is 77.9 cm³/mol. The van der Waals surface area contributed by atoms with Crippen molar-refractivity contribution in [1.82, 2.24) is 4.90 Å². The lowest BCUT2D eigenvalue weighted by Crippen LogP contribution is -2.35. The van der Waals surface area contributed by atoms with Crippen molar-refractivity contribution < 1.29 is 14.6 Å². The highest BCUT2D eigenvalue weighted by Gasteiger charge is 2.23. The van der Waals surface area contributed by atoms with Crippen LogP contribution in [-0.4, -0.2) is 49.3 Å². The maximum Gasteiger partial charge on any atom is 0.312 e. The Morgan fingerprint density at radius 2 is 2.20 bits per heavy atom. The number of nitrogens with zero attached hydrogens (tertiary/aromatic N) is 1. The Hall–Kier alpha value is -1.39. The SMILES string of the molecule is CN(CC1CCCOC1)CC(C(=O)O)c1ccccc1. The molecule has 1 fully saturated rings. The van der Waals surface area contributed by atoms with E-state index in [4.69, 9.17) is 4.74 Å². The topological polar surface area (TPSA) is 49.8 Å². The molecule has 2 rings (SSSR count). The van der Waals surface area contributed by atoms with Crippen LogP contribution in [0.25, 0.3) is 0 Å². The Balaban J connectivity index is 1.92. The zero-order chi connectivity index (χ0) is 14.4. The standard InChI is InChI=1S/C16H23NO3/c1-17(10-13-6-5-9-20-12-13)11-15(16(18)19)14-7-3-2-4-8-14/h2-4,7-8,13,15H,5-6,9-12H2,1H3,(H,18,19). The zero-order valence-corrected chi connectivity index (χ0v) is 12.0. The van der Waals surface area contributed by atoms with Crippen molar-refractivity contribution in [3.63, 3.8) is 0 Å². The van der Waals surface area contributed by atoms with Crippen LogP contribution in [0.2, 0.25) is 0 Å². The van der Waals surface area contributed by atoms with E-state index in [1.807, 2.05) is 37.4 Å². The van der Waals surface area contributed by atoms with Gasteiger partial charge < -0.3 is 14.7 Å². The maximum atomic E-state index is 11.5. The first-order valence-electron chi connectivity index (χ1n) is 7.21. The predicted octanol–water partition coefficient (Wildman–Crippen LogP) is 2.21. The maximum absolute atomic E-state index is 11.5. The molecular weight excluding hydrogens is 254 g/mol. The van der Waals surface area contributed by atoms with Gasteiger partial charge in [0.15, 0.2) is 0 Å². The molecule has 1 saturated heterocycles. The Labute approximate surface area is 120 Å². The molecule has 0 aliphatic carbocycles. The highest BCUT2D eigenvalue weighted by Crippen LogP contribution is 2.19. The van der Waals surface area contributed by atoms with E-state index in [2.05, 4.69) is 4.90 Å². The number of aliphatic carboxylic acids is 1. The van der Waals surface area contributed by atoms with Crippen LogP contribution in [0, 0.1) is 5.92 Å². The summed E-state index contributed by atoms with van der Waals surface area (Å²) in [6.07, 6.45) is 2.28. The third kappa shape index (κ3) is 4.32. The van der Waals surface area contributed by atoms with Crippen molar-refractivity contribution in [3.8, 4) is 0 Å². The second-order valence-corrected chi connectivity index (χ2v) is 5.61. The zero-order valence-electron chi connectivity index (χ0n) is 12.0. The van der Waals surface area contributed by atoms with Crippen LogP contribution in [0.4, 0.5) is 0 Å². The van der Waals surface area contributed by atoms with Crippen LogP contribution in [0.1, 0.15) is 24.3 Å². The molecule has 4 heteroatoms.